The minimum atomic E-state index is -1.77. The highest BCUT2D eigenvalue weighted by atomic mass is 16.7. The predicted octanol–water partition coefficient (Wildman–Crippen LogP) is -1.16. The van der Waals surface area contributed by atoms with Crippen LogP contribution in [0.25, 0.3) is 0 Å². The van der Waals surface area contributed by atoms with Crippen LogP contribution in [0.1, 0.15) is 35.4 Å². The number of phenols is 2. The summed E-state index contributed by atoms with van der Waals surface area (Å²) in [6, 6.07) is 6.90. The molecular formula is C28H34O15. The zero-order valence-corrected chi connectivity index (χ0v) is 23.1. The first-order valence-electron chi connectivity index (χ1n) is 13.5. The Morgan fingerprint density at radius 2 is 1.53 bits per heavy atom. The molecule has 8 N–H and O–H groups in total. The molecule has 2 fully saturated rings. The van der Waals surface area contributed by atoms with Crippen LogP contribution in [0.4, 0.5) is 0 Å². The van der Waals surface area contributed by atoms with Gasteiger partial charge < -0.3 is 69.3 Å². The summed E-state index contributed by atoms with van der Waals surface area (Å²) >= 11 is 0. The Hall–Kier alpha value is -3.25. The number of ether oxygens (including phenoxy) is 6. The number of hydrogen-bond acceptors (Lipinski definition) is 15. The number of hydrogen-bond donors (Lipinski definition) is 8. The number of rotatable bonds is 7. The fourth-order valence-corrected chi connectivity index (χ4v) is 5.20. The highest BCUT2D eigenvalue weighted by Crippen LogP contribution is 2.43. The molecule has 3 aliphatic heterocycles. The van der Waals surface area contributed by atoms with Gasteiger partial charge in [-0.15, -0.1) is 0 Å². The zero-order valence-electron chi connectivity index (χ0n) is 23.1. The Morgan fingerprint density at radius 3 is 2.23 bits per heavy atom. The number of aliphatic hydroxyl groups is 6. The van der Waals surface area contributed by atoms with Gasteiger partial charge in [0.1, 0.15) is 71.6 Å². The van der Waals surface area contributed by atoms with Crippen molar-refractivity contribution in [2.75, 3.05) is 13.7 Å². The molecule has 0 unspecified atom stereocenters. The van der Waals surface area contributed by atoms with E-state index in [0.717, 1.165) is 6.07 Å². The van der Waals surface area contributed by atoms with Gasteiger partial charge in [0.15, 0.2) is 23.6 Å². The number of ketones is 1. The summed E-state index contributed by atoms with van der Waals surface area (Å²) in [6.07, 6.45) is -15.9. The van der Waals surface area contributed by atoms with Gasteiger partial charge in [-0.3, -0.25) is 4.79 Å². The Morgan fingerprint density at radius 1 is 0.837 bits per heavy atom. The van der Waals surface area contributed by atoms with Crippen molar-refractivity contribution in [2.24, 2.45) is 0 Å². The van der Waals surface area contributed by atoms with E-state index in [0.29, 0.717) is 5.56 Å². The molecule has 3 aliphatic rings. The van der Waals surface area contributed by atoms with Gasteiger partial charge in [0.2, 0.25) is 6.29 Å². The van der Waals surface area contributed by atoms with E-state index in [-0.39, 0.29) is 35.0 Å². The van der Waals surface area contributed by atoms with E-state index in [9.17, 15) is 45.6 Å². The lowest BCUT2D eigenvalue weighted by atomic mass is 9.95. The number of carbonyl (C=O) groups excluding carboxylic acids is 1. The standard InChI is InChI=1S/C28H34O15/c1-10-21(32)23(34)25(36)27(40-10)39-9-19-22(33)24(35)26(37)28(43-19)41-12-6-14(30)20-15(31)8-17(42-18(20)7-12)11-3-4-16(38-2)13(29)5-11/h3-7,10,17,19,21-30,32-37H,8-9H2,1-2H3/t10-,17+,19-,21+,22+,23+,24-,25+,26-,27-,28-/m1/s1. The molecule has 2 aromatic carbocycles. The molecule has 0 bridgehead atoms. The monoisotopic (exact) mass is 610 g/mol. The molecule has 2 saturated heterocycles. The van der Waals surface area contributed by atoms with Crippen molar-refractivity contribution in [3.05, 3.63) is 41.5 Å². The van der Waals surface area contributed by atoms with Crippen LogP contribution < -0.4 is 14.2 Å². The van der Waals surface area contributed by atoms with Crippen LogP contribution in [0.15, 0.2) is 30.3 Å². The fourth-order valence-electron chi connectivity index (χ4n) is 5.20. The molecule has 0 radical (unpaired) electrons. The van der Waals surface area contributed by atoms with Crippen molar-refractivity contribution < 1.29 is 74.1 Å². The number of fused-ring (bicyclic) bond motifs is 1. The second kappa shape index (κ2) is 12.4. The Labute approximate surface area is 245 Å². The van der Waals surface area contributed by atoms with Gasteiger partial charge in [-0.25, -0.2) is 0 Å². The quantitative estimate of drug-likeness (QED) is 0.185. The van der Waals surface area contributed by atoms with E-state index >= 15 is 0 Å². The third-order valence-corrected chi connectivity index (χ3v) is 7.70. The van der Waals surface area contributed by atoms with Crippen LogP contribution in [-0.4, -0.2) is 122 Å². The zero-order chi connectivity index (χ0) is 31.2. The largest absolute Gasteiger partial charge is 0.507 e. The molecule has 3 heterocycles. The van der Waals surface area contributed by atoms with Crippen LogP contribution >= 0.6 is 0 Å². The van der Waals surface area contributed by atoms with Crippen LogP contribution in [-0.2, 0) is 14.2 Å². The summed E-state index contributed by atoms with van der Waals surface area (Å²) in [6.45, 7) is 0.964. The second-order valence-corrected chi connectivity index (χ2v) is 10.6. The second-order valence-electron chi connectivity index (χ2n) is 10.6. The minimum Gasteiger partial charge on any atom is -0.507 e. The lowest BCUT2D eigenvalue weighted by Crippen LogP contribution is -2.61. The van der Waals surface area contributed by atoms with E-state index in [1.165, 1.54) is 32.2 Å². The molecule has 0 aromatic heterocycles. The molecule has 0 spiro atoms. The number of benzene rings is 2. The van der Waals surface area contributed by atoms with Gasteiger partial charge in [-0.1, -0.05) is 6.07 Å². The maximum Gasteiger partial charge on any atom is 0.229 e. The van der Waals surface area contributed by atoms with Gasteiger partial charge in [0.25, 0.3) is 0 Å². The average Bonchev–Trinajstić information content (AvgIpc) is 2.97. The molecule has 0 amide bonds. The topological polar surface area (TPSA) is 234 Å². The van der Waals surface area contributed by atoms with Crippen molar-refractivity contribution in [1.82, 2.24) is 0 Å². The predicted molar refractivity (Wildman–Crippen MR) is 141 cm³/mol. The van der Waals surface area contributed by atoms with Gasteiger partial charge in [0.05, 0.1) is 26.2 Å². The average molecular weight is 611 g/mol. The smallest absolute Gasteiger partial charge is 0.229 e. The summed E-state index contributed by atoms with van der Waals surface area (Å²) in [5.41, 5.74) is 0.373. The number of aromatic hydroxyl groups is 2. The summed E-state index contributed by atoms with van der Waals surface area (Å²) < 4.78 is 33.1. The van der Waals surface area contributed by atoms with E-state index < -0.39 is 85.7 Å². The Bertz CT molecular complexity index is 1320. The normalized spacial score (nSPS) is 36.0. The summed E-state index contributed by atoms with van der Waals surface area (Å²) in [5.74, 6) is -0.999. The molecule has 43 heavy (non-hydrogen) atoms. The van der Waals surface area contributed by atoms with E-state index in [2.05, 4.69) is 0 Å². The third-order valence-electron chi connectivity index (χ3n) is 7.70. The SMILES string of the molecule is COc1ccc([C@@H]2CC(=O)c3c(O)cc(O[C@@H]4O[C@H](CO[C@@H]5O[C@H](C)[C@H](O)[C@H](O)[C@@H]5O)[C@H](O)[C@@H](O)[C@H]4O)cc3O2)cc1O. The summed E-state index contributed by atoms with van der Waals surface area (Å²) in [4.78, 5) is 12.9. The highest BCUT2D eigenvalue weighted by Gasteiger charge is 2.47. The molecule has 15 nitrogen and oxygen atoms in total. The Balaban J connectivity index is 1.30. The molecular weight excluding hydrogens is 576 g/mol. The third kappa shape index (κ3) is 6.08. The van der Waals surface area contributed by atoms with E-state index in [1.54, 1.807) is 6.07 Å². The number of Topliss-reactive ketones (excluding diaryl/α,β-unsaturated/α-hetero) is 1. The van der Waals surface area contributed by atoms with Crippen LogP contribution in [0.2, 0.25) is 0 Å². The minimum absolute atomic E-state index is 0.0457. The molecule has 0 aliphatic carbocycles. The molecule has 236 valence electrons. The fraction of sp³-hybridized carbons (Fsp3) is 0.536. The number of phenolic OH excluding ortho intramolecular Hbond substituents is 2. The van der Waals surface area contributed by atoms with Crippen LogP contribution in [0.5, 0.6) is 28.7 Å². The lowest BCUT2D eigenvalue weighted by molar-refractivity contribution is -0.318. The van der Waals surface area contributed by atoms with Crippen molar-refractivity contribution >= 4 is 5.78 Å². The van der Waals surface area contributed by atoms with E-state index in [1.807, 2.05) is 0 Å². The molecule has 15 heteroatoms. The molecule has 5 rings (SSSR count). The van der Waals surface area contributed by atoms with Gasteiger partial charge >= 0.3 is 0 Å². The first-order valence-corrected chi connectivity index (χ1v) is 13.5. The van der Waals surface area contributed by atoms with Crippen molar-refractivity contribution in [1.29, 1.82) is 0 Å². The highest BCUT2D eigenvalue weighted by molar-refractivity contribution is 6.02. The summed E-state index contributed by atoms with van der Waals surface area (Å²) in [5, 5.41) is 82.2. The number of aliphatic hydroxyl groups excluding tert-OH is 6. The van der Waals surface area contributed by atoms with Crippen molar-refractivity contribution in [3.63, 3.8) is 0 Å². The number of methoxy groups -OCH3 is 1. The molecule has 11 atom stereocenters. The van der Waals surface area contributed by atoms with Gasteiger partial charge in [0, 0.05) is 12.1 Å². The molecule has 0 saturated carbocycles. The van der Waals surface area contributed by atoms with Gasteiger partial charge in [-0.05, 0) is 24.6 Å². The van der Waals surface area contributed by atoms with Crippen LogP contribution in [0, 0.1) is 0 Å². The Kier molecular flexibility index (Phi) is 8.99. The van der Waals surface area contributed by atoms with Crippen LogP contribution in [0.3, 0.4) is 0 Å². The lowest BCUT2D eigenvalue weighted by Gasteiger charge is -2.42. The first-order chi connectivity index (χ1) is 20.4. The summed E-state index contributed by atoms with van der Waals surface area (Å²) in [7, 11) is 1.39. The first kappa shape index (κ1) is 31.2. The maximum atomic E-state index is 12.9. The van der Waals surface area contributed by atoms with E-state index in [4.69, 9.17) is 28.4 Å². The van der Waals surface area contributed by atoms with Gasteiger partial charge in [-0.2, -0.15) is 0 Å². The van der Waals surface area contributed by atoms with Crippen molar-refractivity contribution in [2.45, 2.75) is 80.9 Å². The number of carbonyl (C=O) groups is 1. The molecule has 2 aromatic rings. The van der Waals surface area contributed by atoms with Crippen molar-refractivity contribution in [3.8, 4) is 28.7 Å². The maximum absolute atomic E-state index is 12.9.